The molecule has 0 radical (unpaired) electrons. The molecule has 0 spiro atoms. The van der Waals surface area contributed by atoms with Gasteiger partial charge in [-0.15, -0.1) is 0 Å². The number of para-hydroxylation sites is 2. The minimum atomic E-state index is -0.211. The van der Waals surface area contributed by atoms with Crippen molar-refractivity contribution < 1.29 is 14.1 Å². The summed E-state index contributed by atoms with van der Waals surface area (Å²) >= 11 is 0. The summed E-state index contributed by atoms with van der Waals surface area (Å²) in [5.41, 5.74) is 5.53. The molecule has 158 valence electrons. The molecule has 4 nitrogen and oxygen atoms in total. The Hall–Kier alpha value is -3.18. The highest BCUT2D eigenvalue weighted by Crippen LogP contribution is 2.35. The third-order valence-corrected chi connectivity index (χ3v) is 6.44. The fraction of sp³-hybridized carbons (Fsp3) is 0.269. The quantitative estimate of drug-likeness (QED) is 0.711. The molecule has 31 heavy (non-hydrogen) atoms. The first-order chi connectivity index (χ1) is 15.2. The number of aryl methyl sites for hydroxylation is 2. The third kappa shape index (κ3) is 4.06. The first kappa shape index (κ1) is 19.8. The van der Waals surface area contributed by atoms with E-state index in [1.165, 1.54) is 28.2 Å². The lowest BCUT2D eigenvalue weighted by molar-refractivity contribution is -0.892. The fourth-order valence-corrected chi connectivity index (χ4v) is 4.75. The summed E-state index contributed by atoms with van der Waals surface area (Å²) in [5, 5.41) is 0. The number of carbonyl (C=O) groups excluding carboxylic acids is 1. The molecule has 1 fully saturated rings. The standard InChI is InChI=1S/C26H26FN3O/c27-22-11-13-23(14-12-22)29-17-15-28(16-18-29)19-26(31)30-24-7-3-1-5-20(24)9-10-21-6-2-4-8-25(21)30/h1-8,11-14H,9-10,15-19H2/p+1. The number of quaternary nitrogens is 1. The number of anilines is 3. The lowest BCUT2D eigenvalue weighted by Gasteiger charge is -2.34. The van der Waals surface area contributed by atoms with Gasteiger partial charge in [-0.1, -0.05) is 36.4 Å². The number of nitrogens with one attached hydrogen (secondary N) is 1. The molecule has 0 bridgehead atoms. The predicted molar refractivity (Wildman–Crippen MR) is 122 cm³/mol. The van der Waals surface area contributed by atoms with Crippen molar-refractivity contribution in [2.24, 2.45) is 0 Å². The van der Waals surface area contributed by atoms with E-state index in [1.54, 1.807) is 0 Å². The number of fused-ring (bicyclic) bond motifs is 2. The van der Waals surface area contributed by atoms with E-state index in [0.717, 1.165) is 56.1 Å². The molecule has 0 aliphatic carbocycles. The van der Waals surface area contributed by atoms with Gasteiger partial charge in [0.15, 0.2) is 6.54 Å². The maximum absolute atomic E-state index is 13.6. The number of hydrogen-bond acceptors (Lipinski definition) is 2. The van der Waals surface area contributed by atoms with Crippen molar-refractivity contribution in [3.63, 3.8) is 0 Å². The molecule has 0 unspecified atom stereocenters. The molecule has 3 aromatic carbocycles. The van der Waals surface area contributed by atoms with E-state index in [0.29, 0.717) is 6.54 Å². The van der Waals surface area contributed by atoms with E-state index in [-0.39, 0.29) is 11.7 Å². The highest BCUT2D eigenvalue weighted by atomic mass is 19.1. The number of benzene rings is 3. The molecule has 2 heterocycles. The van der Waals surface area contributed by atoms with Crippen molar-refractivity contribution in [3.05, 3.63) is 89.7 Å². The zero-order valence-electron chi connectivity index (χ0n) is 17.6. The summed E-state index contributed by atoms with van der Waals surface area (Å²) in [6.45, 7) is 3.98. The summed E-state index contributed by atoms with van der Waals surface area (Å²) in [5.74, 6) is -0.0661. The lowest BCUT2D eigenvalue weighted by atomic mass is 10.0. The van der Waals surface area contributed by atoms with Gasteiger partial charge in [0.2, 0.25) is 0 Å². The summed E-state index contributed by atoms with van der Waals surface area (Å²) < 4.78 is 13.2. The second-order valence-electron chi connectivity index (χ2n) is 8.38. The summed E-state index contributed by atoms with van der Waals surface area (Å²) in [6, 6.07) is 23.2. The number of carbonyl (C=O) groups is 1. The number of hydrogen-bond donors (Lipinski definition) is 1. The Labute approximate surface area is 182 Å². The zero-order valence-corrected chi connectivity index (χ0v) is 17.6. The van der Waals surface area contributed by atoms with E-state index in [4.69, 9.17) is 0 Å². The predicted octanol–water partition coefficient (Wildman–Crippen LogP) is 2.99. The first-order valence-electron chi connectivity index (χ1n) is 11.0. The Kier molecular flexibility index (Phi) is 5.43. The van der Waals surface area contributed by atoms with Crippen LogP contribution in [0.5, 0.6) is 0 Å². The fourth-order valence-electron chi connectivity index (χ4n) is 4.75. The third-order valence-electron chi connectivity index (χ3n) is 6.44. The van der Waals surface area contributed by atoms with Crippen LogP contribution in [0.25, 0.3) is 0 Å². The number of nitrogens with zero attached hydrogens (tertiary/aromatic N) is 2. The summed E-state index contributed by atoms with van der Waals surface area (Å²) in [4.78, 5) is 19.1. The van der Waals surface area contributed by atoms with Gasteiger partial charge in [0.05, 0.1) is 37.6 Å². The van der Waals surface area contributed by atoms with Crippen LogP contribution in [0.4, 0.5) is 21.5 Å². The molecule has 2 aliphatic rings. The van der Waals surface area contributed by atoms with Crippen LogP contribution in [0.3, 0.4) is 0 Å². The highest BCUT2D eigenvalue weighted by Gasteiger charge is 2.30. The van der Waals surface area contributed by atoms with Crippen molar-refractivity contribution in [1.29, 1.82) is 0 Å². The zero-order chi connectivity index (χ0) is 21.2. The van der Waals surface area contributed by atoms with Crippen molar-refractivity contribution in [2.45, 2.75) is 12.8 Å². The molecular formula is C26H27FN3O+. The number of halogens is 1. The SMILES string of the molecule is O=C(C[NH+]1CCN(c2ccc(F)cc2)CC1)N1c2ccccc2CCc2ccccc21. The Morgan fingerprint density at radius 2 is 1.35 bits per heavy atom. The molecule has 5 heteroatoms. The molecule has 5 rings (SSSR count). The molecule has 0 aromatic heterocycles. The Balaban J connectivity index is 1.32. The Morgan fingerprint density at radius 1 is 0.806 bits per heavy atom. The highest BCUT2D eigenvalue weighted by molar-refractivity contribution is 6.02. The van der Waals surface area contributed by atoms with Gasteiger partial charge in [0.25, 0.3) is 5.91 Å². The largest absolute Gasteiger partial charge is 0.360 e. The van der Waals surface area contributed by atoms with Crippen LogP contribution in [0.1, 0.15) is 11.1 Å². The van der Waals surface area contributed by atoms with Crippen LogP contribution in [0.15, 0.2) is 72.8 Å². The normalized spacial score (nSPS) is 16.4. The van der Waals surface area contributed by atoms with Crippen molar-refractivity contribution in [1.82, 2.24) is 0 Å². The Bertz CT molecular complexity index is 1030. The van der Waals surface area contributed by atoms with Gasteiger partial charge in [-0.2, -0.15) is 0 Å². The van der Waals surface area contributed by atoms with E-state index in [9.17, 15) is 9.18 Å². The molecule has 1 amide bonds. The van der Waals surface area contributed by atoms with E-state index in [2.05, 4.69) is 41.3 Å². The van der Waals surface area contributed by atoms with Crippen molar-refractivity contribution >= 4 is 23.0 Å². The van der Waals surface area contributed by atoms with Crippen molar-refractivity contribution in [2.75, 3.05) is 42.5 Å². The topological polar surface area (TPSA) is 28.0 Å². The second-order valence-corrected chi connectivity index (χ2v) is 8.38. The maximum atomic E-state index is 13.6. The van der Waals surface area contributed by atoms with Crippen LogP contribution >= 0.6 is 0 Å². The first-order valence-corrected chi connectivity index (χ1v) is 11.0. The smallest absolute Gasteiger partial charge is 0.286 e. The van der Waals surface area contributed by atoms with Crippen LogP contribution in [-0.4, -0.2) is 38.6 Å². The van der Waals surface area contributed by atoms with Gasteiger partial charge in [-0.3, -0.25) is 9.69 Å². The van der Waals surface area contributed by atoms with E-state index >= 15 is 0 Å². The van der Waals surface area contributed by atoms with Gasteiger partial charge in [0.1, 0.15) is 5.82 Å². The average molecular weight is 417 g/mol. The summed E-state index contributed by atoms with van der Waals surface area (Å²) in [6.07, 6.45) is 1.89. The number of piperazine rings is 1. The summed E-state index contributed by atoms with van der Waals surface area (Å²) in [7, 11) is 0. The number of rotatable bonds is 3. The van der Waals surface area contributed by atoms with Gasteiger partial charge >= 0.3 is 0 Å². The molecule has 1 saturated heterocycles. The molecule has 1 N–H and O–H groups in total. The minimum Gasteiger partial charge on any atom is -0.360 e. The monoisotopic (exact) mass is 416 g/mol. The number of amides is 1. The van der Waals surface area contributed by atoms with E-state index in [1.807, 2.05) is 29.2 Å². The van der Waals surface area contributed by atoms with Gasteiger partial charge in [0, 0.05) is 5.69 Å². The van der Waals surface area contributed by atoms with Gasteiger partial charge < -0.3 is 9.80 Å². The molecule has 0 saturated carbocycles. The molecular weight excluding hydrogens is 389 g/mol. The molecule has 0 atom stereocenters. The van der Waals surface area contributed by atoms with Gasteiger partial charge in [-0.25, -0.2) is 4.39 Å². The van der Waals surface area contributed by atoms with Crippen LogP contribution < -0.4 is 14.7 Å². The van der Waals surface area contributed by atoms with E-state index < -0.39 is 0 Å². The minimum absolute atomic E-state index is 0.145. The Morgan fingerprint density at radius 3 is 1.94 bits per heavy atom. The molecule has 3 aromatic rings. The maximum Gasteiger partial charge on any atom is 0.286 e. The van der Waals surface area contributed by atoms with Crippen LogP contribution in [0.2, 0.25) is 0 Å². The van der Waals surface area contributed by atoms with Gasteiger partial charge in [-0.05, 0) is 60.4 Å². The average Bonchev–Trinajstić information content (AvgIpc) is 2.97. The van der Waals surface area contributed by atoms with Crippen LogP contribution in [-0.2, 0) is 17.6 Å². The van der Waals surface area contributed by atoms with Crippen molar-refractivity contribution in [3.8, 4) is 0 Å². The second kappa shape index (κ2) is 8.52. The lowest BCUT2D eigenvalue weighted by Crippen LogP contribution is -3.15. The van der Waals surface area contributed by atoms with Crippen LogP contribution in [0, 0.1) is 5.82 Å². The molecule has 2 aliphatic heterocycles.